The van der Waals surface area contributed by atoms with E-state index in [0.717, 1.165) is 37.7 Å². The maximum atomic E-state index is 13.5. The van der Waals surface area contributed by atoms with E-state index in [9.17, 15) is 12.8 Å². The summed E-state index contributed by atoms with van der Waals surface area (Å²) in [6.07, 6.45) is 4.16. The lowest BCUT2D eigenvalue weighted by atomic mass is 9.78. The van der Waals surface area contributed by atoms with Gasteiger partial charge < -0.3 is 5.32 Å². The summed E-state index contributed by atoms with van der Waals surface area (Å²) in [5.74, 6) is 0.162. The molecule has 1 aliphatic heterocycles. The number of rotatable bonds is 1. The monoisotopic (exact) mass is 329 g/mol. The number of nitrogens with zero attached hydrogens (tertiary/aromatic N) is 1. The summed E-state index contributed by atoms with van der Waals surface area (Å²) in [6.45, 7) is 0. The third kappa shape index (κ3) is 2.02. The Morgan fingerprint density at radius 1 is 1.38 bits per heavy atom. The van der Waals surface area contributed by atoms with Crippen molar-refractivity contribution in [2.75, 3.05) is 5.32 Å². The molecule has 112 valence electrons. The zero-order chi connectivity index (χ0) is 14.8. The van der Waals surface area contributed by atoms with Crippen molar-refractivity contribution < 1.29 is 12.8 Å². The van der Waals surface area contributed by atoms with Crippen molar-refractivity contribution >= 4 is 33.3 Å². The molecule has 3 fully saturated rings. The lowest BCUT2D eigenvalue weighted by molar-refractivity contribution is 0.250. The second-order valence-corrected chi connectivity index (χ2v) is 8.05. The summed E-state index contributed by atoms with van der Waals surface area (Å²) in [5, 5.41) is 2.78. The Morgan fingerprint density at radius 3 is 2.81 bits per heavy atom. The van der Waals surface area contributed by atoms with Crippen molar-refractivity contribution in [3.05, 3.63) is 23.0 Å². The average molecular weight is 330 g/mol. The minimum absolute atomic E-state index is 0.125. The summed E-state index contributed by atoms with van der Waals surface area (Å²) < 4.78 is 40.2. The number of anilines is 1. The van der Waals surface area contributed by atoms with E-state index in [4.69, 9.17) is 11.6 Å². The van der Waals surface area contributed by atoms with Gasteiger partial charge in [0.1, 0.15) is 10.7 Å². The van der Waals surface area contributed by atoms with Gasteiger partial charge in [0, 0.05) is 0 Å². The predicted molar refractivity (Wildman–Crippen MR) is 77.5 cm³/mol. The van der Waals surface area contributed by atoms with E-state index in [1.165, 1.54) is 6.07 Å². The standard InChI is InChI=1S/C13H13ClFN3O2S/c14-8-3-10-11(4-9(8)15)21(19,20)18-12(16-10)17-13-2-1-7(5-13)6-13/h3-4,7H,1-2,5-6H2,(H2,16,17,18). The minimum atomic E-state index is -3.82. The van der Waals surface area contributed by atoms with Crippen LogP contribution >= 0.6 is 11.6 Å². The minimum Gasteiger partial charge on any atom is -0.324 e. The summed E-state index contributed by atoms with van der Waals surface area (Å²) >= 11 is 5.72. The van der Waals surface area contributed by atoms with Crippen LogP contribution in [0.25, 0.3) is 0 Å². The molecule has 0 saturated heterocycles. The SMILES string of the molecule is O=S1(=O)NC(=NC23CCC(C2)C3)Nc2cc(Cl)c(F)cc21. The van der Waals surface area contributed by atoms with Crippen LogP contribution in [0.15, 0.2) is 22.0 Å². The van der Waals surface area contributed by atoms with Crippen molar-refractivity contribution in [2.24, 2.45) is 10.9 Å². The first kappa shape index (κ1) is 13.3. The maximum Gasteiger partial charge on any atom is 0.266 e. The van der Waals surface area contributed by atoms with Crippen molar-refractivity contribution in [3.8, 4) is 0 Å². The molecular formula is C13H13ClFN3O2S. The van der Waals surface area contributed by atoms with Gasteiger partial charge >= 0.3 is 0 Å². The average Bonchev–Trinajstić information content (AvgIpc) is 2.91. The zero-order valence-corrected chi connectivity index (χ0v) is 12.6. The van der Waals surface area contributed by atoms with Crippen LogP contribution in [-0.2, 0) is 10.0 Å². The number of sulfonamides is 1. The number of halogens is 2. The van der Waals surface area contributed by atoms with Gasteiger partial charge in [0.2, 0.25) is 5.96 Å². The Kier molecular flexibility index (Phi) is 2.60. The molecule has 0 amide bonds. The highest BCUT2D eigenvalue weighted by atomic mass is 35.5. The molecule has 3 saturated carbocycles. The quantitative estimate of drug-likeness (QED) is 0.831. The van der Waals surface area contributed by atoms with Gasteiger partial charge in [0.15, 0.2) is 0 Å². The van der Waals surface area contributed by atoms with E-state index in [1.807, 2.05) is 0 Å². The fourth-order valence-electron chi connectivity index (χ4n) is 3.52. The van der Waals surface area contributed by atoms with Gasteiger partial charge in [0.25, 0.3) is 10.0 Å². The largest absolute Gasteiger partial charge is 0.324 e. The molecule has 1 aromatic rings. The van der Waals surface area contributed by atoms with E-state index in [2.05, 4.69) is 15.0 Å². The van der Waals surface area contributed by atoms with Gasteiger partial charge in [-0.15, -0.1) is 0 Å². The van der Waals surface area contributed by atoms with Crippen LogP contribution in [0.5, 0.6) is 0 Å². The molecule has 8 heteroatoms. The Balaban J connectivity index is 1.76. The van der Waals surface area contributed by atoms with Gasteiger partial charge in [-0.1, -0.05) is 11.6 Å². The van der Waals surface area contributed by atoms with E-state index < -0.39 is 15.8 Å². The van der Waals surface area contributed by atoms with Gasteiger partial charge in [0.05, 0.1) is 16.2 Å². The Bertz CT molecular complexity index is 766. The van der Waals surface area contributed by atoms with Crippen LogP contribution in [0.1, 0.15) is 25.7 Å². The molecule has 0 aromatic heterocycles. The van der Waals surface area contributed by atoms with Crippen LogP contribution in [0.4, 0.5) is 10.1 Å². The predicted octanol–water partition coefficient (Wildman–Crippen LogP) is 2.48. The lowest BCUT2D eigenvalue weighted by Gasteiger charge is -2.36. The molecule has 2 bridgehead atoms. The summed E-state index contributed by atoms with van der Waals surface area (Å²) in [7, 11) is -3.82. The molecule has 3 aliphatic carbocycles. The number of aliphatic imine (C=N–C) groups is 1. The third-order valence-electron chi connectivity index (χ3n) is 4.50. The number of guanidine groups is 1. The molecule has 4 aliphatic rings. The normalized spacial score (nSPS) is 33.8. The first-order valence-electron chi connectivity index (χ1n) is 6.76. The summed E-state index contributed by atoms with van der Waals surface area (Å²) in [4.78, 5) is 4.40. The highest BCUT2D eigenvalue weighted by Crippen LogP contribution is 2.54. The van der Waals surface area contributed by atoms with Crippen LogP contribution in [0, 0.1) is 11.7 Å². The fraction of sp³-hybridized carbons (Fsp3) is 0.462. The molecule has 0 radical (unpaired) electrons. The van der Waals surface area contributed by atoms with Crippen LogP contribution in [0.3, 0.4) is 0 Å². The van der Waals surface area contributed by atoms with Gasteiger partial charge in [-0.3, -0.25) is 0 Å². The molecule has 0 spiro atoms. The van der Waals surface area contributed by atoms with Crippen molar-refractivity contribution in [1.82, 2.24) is 4.72 Å². The van der Waals surface area contributed by atoms with Crippen molar-refractivity contribution in [1.29, 1.82) is 0 Å². The van der Waals surface area contributed by atoms with E-state index in [0.29, 0.717) is 0 Å². The Hall–Kier alpha value is -1.34. The first-order chi connectivity index (χ1) is 9.87. The first-order valence-corrected chi connectivity index (χ1v) is 8.62. The van der Waals surface area contributed by atoms with Crippen molar-refractivity contribution in [2.45, 2.75) is 36.1 Å². The topological polar surface area (TPSA) is 70.6 Å². The van der Waals surface area contributed by atoms with Gasteiger partial charge in [-0.2, -0.15) is 0 Å². The van der Waals surface area contributed by atoms with E-state index in [-0.39, 0.29) is 27.1 Å². The van der Waals surface area contributed by atoms with Crippen LogP contribution < -0.4 is 10.0 Å². The van der Waals surface area contributed by atoms with Crippen LogP contribution in [0.2, 0.25) is 5.02 Å². The summed E-state index contributed by atoms with van der Waals surface area (Å²) in [5.41, 5.74) is 0.126. The molecule has 1 heterocycles. The van der Waals surface area contributed by atoms with E-state index >= 15 is 0 Å². The molecule has 5 rings (SSSR count). The van der Waals surface area contributed by atoms with Crippen LogP contribution in [-0.4, -0.2) is 19.9 Å². The molecule has 21 heavy (non-hydrogen) atoms. The molecule has 2 N–H and O–H groups in total. The number of fused-ring (bicyclic) bond motifs is 2. The number of hydrogen-bond acceptors (Lipinski definition) is 3. The Labute approximate surface area is 126 Å². The second kappa shape index (κ2) is 4.10. The zero-order valence-electron chi connectivity index (χ0n) is 11.0. The molecule has 1 aromatic carbocycles. The number of benzene rings is 1. The van der Waals surface area contributed by atoms with Gasteiger partial charge in [-0.05, 0) is 43.7 Å². The molecule has 0 unspecified atom stereocenters. The number of hydrogen-bond donors (Lipinski definition) is 2. The maximum absolute atomic E-state index is 13.5. The number of nitrogens with one attached hydrogen (secondary N) is 2. The molecule has 5 nitrogen and oxygen atoms in total. The second-order valence-electron chi connectivity index (χ2n) is 5.99. The third-order valence-corrected chi connectivity index (χ3v) is 6.17. The molecular weight excluding hydrogens is 317 g/mol. The highest BCUT2D eigenvalue weighted by Gasteiger charge is 2.51. The van der Waals surface area contributed by atoms with Gasteiger partial charge in [-0.25, -0.2) is 22.5 Å². The Morgan fingerprint density at radius 2 is 2.14 bits per heavy atom. The summed E-state index contributed by atoms with van der Waals surface area (Å²) in [6, 6.07) is 2.19. The smallest absolute Gasteiger partial charge is 0.266 e. The van der Waals surface area contributed by atoms with Crippen molar-refractivity contribution in [3.63, 3.8) is 0 Å². The fourth-order valence-corrected chi connectivity index (χ4v) is 4.80. The lowest BCUT2D eigenvalue weighted by Crippen LogP contribution is -2.44. The molecule has 0 atom stereocenters. The van der Waals surface area contributed by atoms with E-state index in [1.54, 1.807) is 0 Å². The highest BCUT2D eigenvalue weighted by molar-refractivity contribution is 7.90.